The van der Waals surface area contributed by atoms with Gasteiger partial charge in [-0.1, -0.05) is 67.4 Å². The highest BCUT2D eigenvalue weighted by Gasteiger charge is 2.42. The second-order valence-electron chi connectivity index (χ2n) is 6.18. The van der Waals surface area contributed by atoms with E-state index in [-0.39, 0.29) is 6.10 Å². The molecule has 1 aliphatic carbocycles. The van der Waals surface area contributed by atoms with Gasteiger partial charge in [-0.2, -0.15) is 0 Å². The molecular weight excluding hydrogens is 244 g/mol. The maximum Gasteiger partial charge on any atom is 0.108 e. The Balaban J connectivity index is 1.82. The molecule has 1 heterocycles. The van der Waals surface area contributed by atoms with E-state index in [9.17, 15) is 0 Å². The van der Waals surface area contributed by atoms with Crippen molar-refractivity contribution in [3.63, 3.8) is 0 Å². The van der Waals surface area contributed by atoms with Crippen molar-refractivity contribution in [2.45, 2.75) is 37.2 Å². The lowest BCUT2D eigenvalue weighted by Gasteiger charge is -2.39. The van der Waals surface area contributed by atoms with Gasteiger partial charge in [-0.05, 0) is 29.5 Å². The molecule has 1 aliphatic heterocycles. The van der Waals surface area contributed by atoms with Crippen LogP contribution in [0.1, 0.15) is 48.5 Å². The molecule has 2 aromatic rings. The summed E-state index contributed by atoms with van der Waals surface area (Å²) < 4.78 is 6.33. The van der Waals surface area contributed by atoms with Crippen LogP contribution in [0.4, 0.5) is 0 Å². The van der Waals surface area contributed by atoms with Crippen molar-refractivity contribution in [3.8, 4) is 0 Å². The molecule has 102 valence electrons. The highest BCUT2D eigenvalue weighted by Crippen LogP contribution is 2.49. The summed E-state index contributed by atoms with van der Waals surface area (Å²) in [5.41, 5.74) is 4.49. The Bertz CT molecular complexity index is 596. The van der Waals surface area contributed by atoms with Gasteiger partial charge in [0.2, 0.25) is 0 Å². The van der Waals surface area contributed by atoms with E-state index in [4.69, 9.17) is 4.74 Å². The predicted molar refractivity (Wildman–Crippen MR) is 80.8 cm³/mol. The molecule has 1 atom stereocenters. The largest absolute Gasteiger partial charge is 0.368 e. The SMILES string of the molecule is c1ccc(C2OCC3(CCCC3)c3ccccc32)cc1. The van der Waals surface area contributed by atoms with Gasteiger partial charge >= 0.3 is 0 Å². The predicted octanol–water partition coefficient (Wildman–Crippen LogP) is 4.62. The molecular formula is C19H20O. The molecule has 0 saturated heterocycles. The van der Waals surface area contributed by atoms with Crippen LogP contribution >= 0.6 is 0 Å². The first-order valence-electron chi connectivity index (χ1n) is 7.65. The van der Waals surface area contributed by atoms with Crippen LogP contribution in [0.15, 0.2) is 54.6 Å². The van der Waals surface area contributed by atoms with E-state index >= 15 is 0 Å². The van der Waals surface area contributed by atoms with Gasteiger partial charge in [0.25, 0.3) is 0 Å². The quantitative estimate of drug-likeness (QED) is 0.730. The zero-order valence-electron chi connectivity index (χ0n) is 11.7. The van der Waals surface area contributed by atoms with Crippen molar-refractivity contribution in [1.29, 1.82) is 0 Å². The first kappa shape index (κ1) is 12.2. The second kappa shape index (κ2) is 4.75. The Labute approximate surface area is 120 Å². The van der Waals surface area contributed by atoms with Crippen LogP contribution in [0.25, 0.3) is 0 Å². The van der Waals surface area contributed by atoms with Gasteiger partial charge in [-0.25, -0.2) is 0 Å². The Kier molecular flexibility index (Phi) is 2.89. The number of benzene rings is 2. The molecule has 2 aromatic carbocycles. The van der Waals surface area contributed by atoms with E-state index in [0.717, 1.165) is 6.61 Å². The van der Waals surface area contributed by atoms with Gasteiger partial charge in [-0.3, -0.25) is 0 Å². The van der Waals surface area contributed by atoms with Crippen LogP contribution < -0.4 is 0 Å². The van der Waals surface area contributed by atoms with Crippen molar-refractivity contribution in [2.24, 2.45) is 0 Å². The monoisotopic (exact) mass is 264 g/mol. The summed E-state index contributed by atoms with van der Waals surface area (Å²) in [6.07, 6.45) is 5.36. The summed E-state index contributed by atoms with van der Waals surface area (Å²) in [5, 5.41) is 0. The molecule has 0 amide bonds. The topological polar surface area (TPSA) is 9.23 Å². The highest BCUT2D eigenvalue weighted by molar-refractivity contribution is 5.43. The van der Waals surface area contributed by atoms with Gasteiger partial charge in [0, 0.05) is 5.41 Å². The number of rotatable bonds is 1. The van der Waals surface area contributed by atoms with E-state index in [1.165, 1.54) is 42.4 Å². The van der Waals surface area contributed by atoms with E-state index in [2.05, 4.69) is 54.6 Å². The normalized spacial score (nSPS) is 23.7. The van der Waals surface area contributed by atoms with Crippen LogP contribution in [0.3, 0.4) is 0 Å². The molecule has 1 nitrogen and oxygen atoms in total. The molecule has 1 saturated carbocycles. The summed E-state index contributed by atoms with van der Waals surface area (Å²) >= 11 is 0. The maximum absolute atomic E-state index is 6.33. The van der Waals surface area contributed by atoms with Crippen LogP contribution in [0, 0.1) is 0 Å². The average molecular weight is 264 g/mol. The third-order valence-electron chi connectivity index (χ3n) is 5.00. The lowest BCUT2D eigenvalue weighted by Crippen LogP contribution is -2.36. The Morgan fingerprint density at radius 3 is 2.35 bits per heavy atom. The molecule has 20 heavy (non-hydrogen) atoms. The molecule has 1 heteroatoms. The zero-order chi connectivity index (χ0) is 13.4. The van der Waals surface area contributed by atoms with E-state index in [1.807, 2.05) is 0 Å². The smallest absolute Gasteiger partial charge is 0.108 e. The first-order valence-corrected chi connectivity index (χ1v) is 7.65. The summed E-state index contributed by atoms with van der Waals surface area (Å²) in [6.45, 7) is 0.879. The Morgan fingerprint density at radius 2 is 1.55 bits per heavy atom. The number of ether oxygens (including phenoxy) is 1. The molecule has 0 radical (unpaired) electrons. The zero-order valence-corrected chi connectivity index (χ0v) is 11.7. The van der Waals surface area contributed by atoms with Gasteiger partial charge in [0.05, 0.1) is 6.61 Å². The summed E-state index contributed by atoms with van der Waals surface area (Å²) in [7, 11) is 0. The number of fused-ring (bicyclic) bond motifs is 2. The number of hydrogen-bond acceptors (Lipinski definition) is 1. The third-order valence-corrected chi connectivity index (χ3v) is 5.00. The van der Waals surface area contributed by atoms with Crippen molar-refractivity contribution >= 4 is 0 Å². The van der Waals surface area contributed by atoms with Crippen molar-refractivity contribution in [3.05, 3.63) is 71.3 Å². The standard InChI is InChI=1S/C19H20O/c1-2-8-15(9-3-1)18-16-10-4-5-11-17(16)19(14-20-18)12-6-7-13-19/h1-5,8-11,18H,6-7,12-14H2. The van der Waals surface area contributed by atoms with Gasteiger partial charge in [0.1, 0.15) is 6.10 Å². The fourth-order valence-corrected chi connectivity index (χ4v) is 3.99. The molecule has 1 fully saturated rings. The fraction of sp³-hybridized carbons (Fsp3) is 0.368. The average Bonchev–Trinajstić information content (AvgIpc) is 2.98. The minimum atomic E-state index is 0.110. The first-order chi connectivity index (χ1) is 9.89. The fourth-order valence-electron chi connectivity index (χ4n) is 3.99. The van der Waals surface area contributed by atoms with Crippen LogP contribution in [-0.2, 0) is 10.2 Å². The van der Waals surface area contributed by atoms with E-state index < -0.39 is 0 Å². The summed E-state index contributed by atoms with van der Waals surface area (Å²) in [4.78, 5) is 0. The highest BCUT2D eigenvalue weighted by atomic mass is 16.5. The van der Waals surface area contributed by atoms with Crippen molar-refractivity contribution in [2.75, 3.05) is 6.61 Å². The van der Waals surface area contributed by atoms with E-state index in [1.54, 1.807) is 0 Å². The molecule has 0 aromatic heterocycles. The minimum absolute atomic E-state index is 0.110. The molecule has 0 bridgehead atoms. The van der Waals surface area contributed by atoms with Crippen LogP contribution in [0.2, 0.25) is 0 Å². The van der Waals surface area contributed by atoms with Crippen molar-refractivity contribution in [1.82, 2.24) is 0 Å². The molecule has 1 unspecified atom stereocenters. The molecule has 1 spiro atoms. The Morgan fingerprint density at radius 1 is 0.850 bits per heavy atom. The summed E-state index contributed by atoms with van der Waals surface area (Å²) in [5.74, 6) is 0. The van der Waals surface area contributed by atoms with Crippen LogP contribution in [0.5, 0.6) is 0 Å². The number of hydrogen-bond donors (Lipinski definition) is 0. The maximum atomic E-state index is 6.33. The van der Waals surface area contributed by atoms with Crippen LogP contribution in [-0.4, -0.2) is 6.61 Å². The minimum Gasteiger partial charge on any atom is -0.368 e. The summed E-state index contributed by atoms with van der Waals surface area (Å²) in [6, 6.07) is 19.5. The van der Waals surface area contributed by atoms with Gasteiger partial charge in [-0.15, -0.1) is 0 Å². The molecule has 4 rings (SSSR count). The van der Waals surface area contributed by atoms with Gasteiger partial charge < -0.3 is 4.74 Å². The van der Waals surface area contributed by atoms with Gasteiger partial charge in [0.15, 0.2) is 0 Å². The lowest BCUT2D eigenvalue weighted by molar-refractivity contribution is 0.0207. The Hall–Kier alpha value is -1.60. The third kappa shape index (κ3) is 1.81. The lowest BCUT2D eigenvalue weighted by atomic mass is 9.74. The van der Waals surface area contributed by atoms with Crippen molar-refractivity contribution < 1.29 is 4.74 Å². The molecule has 2 aliphatic rings. The van der Waals surface area contributed by atoms with E-state index in [0.29, 0.717) is 5.41 Å². The molecule has 0 N–H and O–H groups in total. The second-order valence-corrected chi connectivity index (χ2v) is 6.18.